The Bertz CT molecular complexity index is 553. The number of aromatic nitrogens is 1. The van der Waals surface area contributed by atoms with E-state index in [1.807, 2.05) is 24.3 Å². The first-order valence-corrected chi connectivity index (χ1v) is 7.42. The third-order valence-corrected chi connectivity index (χ3v) is 4.17. The van der Waals surface area contributed by atoms with E-state index < -0.39 is 0 Å². The second kappa shape index (κ2) is 7.00. The molecule has 0 aliphatic rings. The standard InChI is InChI=1S/C13H13BrFN3S/c14-9-2-1-3-10(6-9)19-8-13(18-16)11-4-5-17-7-12(11)15/h1-7,13,18H,8,16H2. The molecule has 6 heteroatoms. The molecule has 3 nitrogen and oxygen atoms in total. The number of halogens is 2. The summed E-state index contributed by atoms with van der Waals surface area (Å²) in [6.07, 6.45) is 2.76. The summed E-state index contributed by atoms with van der Waals surface area (Å²) in [6.45, 7) is 0. The lowest BCUT2D eigenvalue weighted by Crippen LogP contribution is -2.30. The van der Waals surface area contributed by atoms with E-state index in [9.17, 15) is 4.39 Å². The monoisotopic (exact) mass is 341 g/mol. The van der Waals surface area contributed by atoms with E-state index in [1.54, 1.807) is 24.0 Å². The summed E-state index contributed by atoms with van der Waals surface area (Å²) < 4.78 is 14.7. The zero-order chi connectivity index (χ0) is 13.7. The van der Waals surface area contributed by atoms with Crippen molar-refractivity contribution < 1.29 is 4.39 Å². The highest BCUT2D eigenvalue weighted by Crippen LogP contribution is 2.27. The highest BCUT2D eigenvalue weighted by atomic mass is 79.9. The van der Waals surface area contributed by atoms with Crippen molar-refractivity contribution in [1.29, 1.82) is 0 Å². The molecule has 1 heterocycles. The van der Waals surface area contributed by atoms with Gasteiger partial charge in [-0.25, -0.2) is 4.39 Å². The number of rotatable bonds is 5. The fourth-order valence-electron chi connectivity index (χ4n) is 1.63. The molecule has 0 bridgehead atoms. The highest BCUT2D eigenvalue weighted by Gasteiger charge is 2.14. The van der Waals surface area contributed by atoms with Crippen molar-refractivity contribution in [2.24, 2.45) is 5.84 Å². The molecule has 19 heavy (non-hydrogen) atoms. The van der Waals surface area contributed by atoms with Crippen LogP contribution in [0.25, 0.3) is 0 Å². The second-order valence-electron chi connectivity index (χ2n) is 3.88. The van der Waals surface area contributed by atoms with E-state index in [0.29, 0.717) is 11.3 Å². The lowest BCUT2D eigenvalue weighted by molar-refractivity contribution is 0.542. The molecule has 0 radical (unpaired) electrons. The topological polar surface area (TPSA) is 50.9 Å². The maximum absolute atomic E-state index is 13.6. The number of nitrogens with two attached hydrogens (primary N) is 1. The molecule has 3 N–H and O–H groups in total. The normalized spacial score (nSPS) is 12.4. The zero-order valence-electron chi connectivity index (χ0n) is 10.0. The molecule has 0 aliphatic heterocycles. The molecule has 100 valence electrons. The van der Waals surface area contributed by atoms with Crippen LogP contribution in [0, 0.1) is 5.82 Å². The molecule has 0 aliphatic carbocycles. The van der Waals surface area contributed by atoms with Crippen molar-refractivity contribution in [3.8, 4) is 0 Å². The minimum atomic E-state index is -0.347. The summed E-state index contributed by atoms with van der Waals surface area (Å²) in [6, 6.07) is 9.33. The van der Waals surface area contributed by atoms with Crippen LogP contribution in [0.1, 0.15) is 11.6 Å². The molecule has 1 aromatic carbocycles. The van der Waals surface area contributed by atoms with Crippen molar-refractivity contribution >= 4 is 27.7 Å². The number of nitrogens with one attached hydrogen (secondary N) is 1. The van der Waals surface area contributed by atoms with Gasteiger partial charge in [0.25, 0.3) is 0 Å². The number of hydrogen-bond donors (Lipinski definition) is 2. The maximum Gasteiger partial charge on any atom is 0.146 e. The van der Waals surface area contributed by atoms with Crippen molar-refractivity contribution in [1.82, 2.24) is 10.4 Å². The third-order valence-electron chi connectivity index (χ3n) is 2.59. The van der Waals surface area contributed by atoms with Gasteiger partial charge in [-0.15, -0.1) is 11.8 Å². The van der Waals surface area contributed by atoms with Crippen LogP contribution in [0.2, 0.25) is 0 Å². The third kappa shape index (κ3) is 4.01. The quantitative estimate of drug-likeness (QED) is 0.497. The predicted octanol–water partition coefficient (Wildman–Crippen LogP) is 3.28. The van der Waals surface area contributed by atoms with E-state index in [1.165, 1.54) is 6.20 Å². The summed E-state index contributed by atoms with van der Waals surface area (Å²) in [5, 5.41) is 0. The van der Waals surface area contributed by atoms with Crippen LogP contribution in [0.5, 0.6) is 0 Å². The van der Waals surface area contributed by atoms with Gasteiger partial charge in [0.05, 0.1) is 12.2 Å². The number of nitrogens with zero attached hydrogens (tertiary/aromatic N) is 1. The first kappa shape index (κ1) is 14.5. The van der Waals surface area contributed by atoms with Crippen LogP contribution in [-0.2, 0) is 0 Å². The van der Waals surface area contributed by atoms with E-state index in [4.69, 9.17) is 5.84 Å². The van der Waals surface area contributed by atoms with Crippen LogP contribution in [0.4, 0.5) is 4.39 Å². The van der Waals surface area contributed by atoms with Gasteiger partial charge in [-0.1, -0.05) is 22.0 Å². The minimum Gasteiger partial charge on any atom is -0.271 e. The minimum absolute atomic E-state index is 0.257. The molecule has 1 aromatic heterocycles. The number of thioether (sulfide) groups is 1. The molecule has 0 fully saturated rings. The fraction of sp³-hybridized carbons (Fsp3) is 0.154. The van der Waals surface area contributed by atoms with Gasteiger partial charge in [0.2, 0.25) is 0 Å². The lowest BCUT2D eigenvalue weighted by atomic mass is 10.1. The van der Waals surface area contributed by atoms with Crippen LogP contribution in [0.3, 0.4) is 0 Å². The van der Waals surface area contributed by atoms with Crippen LogP contribution < -0.4 is 11.3 Å². The van der Waals surface area contributed by atoms with Gasteiger partial charge in [-0.3, -0.25) is 16.3 Å². The molecule has 0 saturated carbocycles. The van der Waals surface area contributed by atoms with Crippen molar-refractivity contribution in [2.75, 3.05) is 5.75 Å². The van der Waals surface area contributed by atoms with Crippen molar-refractivity contribution in [3.05, 3.63) is 58.6 Å². The highest BCUT2D eigenvalue weighted by molar-refractivity contribution is 9.10. The first-order valence-electron chi connectivity index (χ1n) is 5.64. The van der Waals surface area contributed by atoms with Gasteiger partial charge in [-0.2, -0.15) is 0 Å². The Morgan fingerprint density at radius 3 is 2.95 bits per heavy atom. The average Bonchev–Trinajstić information content (AvgIpc) is 2.41. The smallest absolute Gasteiger partial charge is 0.146 e. The summed E-state index contributed by atoms with van der Waals surface area (Å²) in [5.41, 5.74) is 3.17. The van der Waals surface area contributed by atoms with E-state index in [2.05, 4.69) is 26.3 Å². The largest absolute Gasteiger partial charge is 0.271 e. The van der Waals surface area contributed by atoms with Gasteiger partial charge >= 0.3 is 0 Å². The Morgan fingerprint density at radius 2 is 2.26 bits per heavy atom. The van der Waals surface area contributed by atoms with E-state index >= 15 is 0 Å². The van der Waals surface area contributed by atoms with Gasteiger partial charge in [-0.05, 0) is 24.3 Å². The van der Waals surface area contributed by atoms with Crippen molar-refractivity contribution in [3.63, 3.8) is 0 Å². The summed E-state index contributed by atoms with van der Waals surface area (Å²) in [4.78, 5) is 4.84. The van der Waals surface area contributed by atoms with Crippen molar-refractivity contribution in [2.45, 2.75) is 10.9 Å². The van der Waals surface area contributed by atoms with Crippen LogP contribution in [-0.4, -0.2) is 10.7 Å². The SMILES string of the molecule is NNC(CSc1cccc(Br)c1)c1ccncc1F. The van der Waals surface area contributed by atoms with Gasteiger partial charge < -0.3 is 0 Å². The zero-order valence-corrected chi connectivity index (χ0v) is 12.4. The van der Waals surface area contributed by atoms with Gasteiger partial charge in [0, 0.05) is 26.9 Å². The average molecular weight is 342 g/mol. The maximum atomic E-state index is 13.6. The first-order chi connectivity index (χ1) is 9.20. The lowest BCUT2D eigenvalue weighted by Gasteiger charge is -2.16. The molecule has 2 rings (SSSR count). The molecule has 1 atom stereocenters. The van der Waals surface area contributed by atoms with Gasteiger partial charge in [0.15, 0.2) is 0 Å². The summed E-state index contributed by atoms with van der Waals surface area (Å²) in [5.74, 6) is 5.79. The molecular weight excluding hydrogens is 329 g/mol. The second-order valence-corrected chi connectivity index (χ2v) is 5.89. The number of benzene rings is 1. The molecule has 2 aromatic rings. The predicted molar refractivity (Wildman–Crippen MR) is 79.1 cm³/mol. The Morgan fingerprint density at radius 1 is 1.42 bits per heavy atom. The molecule has 0 saturated heterocycles. The number of hydrazine groups is 1. The molecule has 0 spiro atoms. The number of hydrogen-bond acceptors (Lipinski definition) is 4. The number of pyridine rings is 1. The Kier molecular flexibility index (Phi) is 5.33. The summed E-state index contributed by atoms with van der Waals surface area (Å²) in [7, 11) is 0. The fourth-order valence-corrected chi connectivity index (χ4v) is 3.20. The Hall–Kier alpha value is -0.950. The summed E-state index contributed by atoms with van der Waals surface area (Å²) >= 11 is 5.03. The Balaban J connectivity index is 2.06. The Labute approximate surface area is 123 Å². The molecule has 0 amide bonds. The molecule has 1 unspecified atom stereocenters. The molecular formula is C13H13BrFN3S. The van der Waals surface area contributed by atoms with E-state index in [-0.39, 0.29) is 11.9 Å². The van der Waals surface area contributed by atoms with Crippen LogP contribution >= 0.6 is 27.7 Å². The van der Waals surface area contributed by atoms with E-state index in [0.717, 1.165) is 9.37 Å². The van der Waals surface area contributed by atoms with Gasteiger partial charge in [0.1, 0.15) is 5.82 Å². The van der Waals surface area contributed by atoms with Crippen LogP contribution in [0.15, 0.2) is 52.1 Å².